The first-order chi connectivity index (χ1) is 9.20. The molecule has 0 aliphatic carbocycles. The Labute approximate surface area is 111 Å². The molecule has 0 radical (unpaired) electrons. The number of amides is 2. The second kappa shape index (κ2) is 5.01. The molecule has 19 heavy (non-hydrogen) atoms. The number of carbonyl (C=O) groups is 2. The summed E-state index contributed by atoms with van der Waals surface area (Å²) in [5.74, 6) is 0.588. The Morgan fingerprint density at radius 2 is 2.16 bits per heavy atom. The number of aryl methyl sites for hydroxylation is 1. The van der Waals surface area contributed by atoms with Crippen LogP contribution in [0.5, 0.6) is 0 Å². The first-order valence-electron chi connectivity index (χ1n) is 6.64. The first-order valence-corrected chi connectivity index (χ1v) is 6.64. The molecule has 0 unspecified atom stereocenters. The van der Waals surface area contributed by atoms with Gasteiger partial charge in [-0.05, 0) is 49.2 Å². The van der Waals surface area contributed by atoms with Crippen LogP contribution >= 0.6 is 0 Å². The molecule has 2 heterocycles. The highest BCUT2D eigenvalue weighted by Crippen LogP contribution is 2.25. The molecule has 100 valence electrons. The molecule has 5 heteroatoms. The lowest BCUT2D eigenvalue weighted by atomic mass is 9.99. The standard InChI is InChI=1S/C14H17N3O2/c18-13-4-1-10-6-11(2-3-12(10)17-13)16-14(19)5-9-7-15-8-9/h2-3,6,9,15H,1,4-5,7-8H2,(H,16,19)(H,17,18). The van der Waals surface area contributed by atoms with Crippen molar-refractivity contribution in [3.8, 4) is 0 Å². The maximum atomic E-state index is 11.8. The van der Waals surface area contributed by atoms with E-state index < -0.39 is 0 Å². The zero-order valence-corrected chi connectivity index (χ0v) is 10.7. The zero-order chi connectivity index (χ0) is 13.2. The lowest BCUT2D eigenvalue weighted by Crippen LogP contribution is -2.43. The van der Waals surface area contributed by atoms with Crippen molar-refractivity contribution in [1.82, 2.24) is 5.32 Å². The molecule has 0 spiro atoms. The average molecular weight is 259 g/mol. The molecule has 0 aromatic heterocycles. The van der Waals surface area contributed by atoms with Crippen LogP contribution in [0.3, 0.4) is 0 Å². The molecule has 1 saturated heterocycles. The van der Waals surface area contributed by atoms with Gasteiger partial charge in [0.2, 0.25) is 11.8 Å². The normalized spacial score (nSPS) is 18.2. The molecule has 5 nitrogen and oxygen atoms in total. The quantitative estimate of drug-likeness (QED) is 0.762. The van der Waals surface area contributed by atoms with Crippen LogP contribution in [0, 0.1) is 5.92 Å². The number of hydrogen-bond acceptors (Lipinski definition) is 3. The highest BCUT2D eigenvalue weighted by molar-refractivity contribution is 5.95. The van der Waals surface area contributed by atoms with Gasteiger partial charge in [-0.25, -0.2) is 0 Å². The van der Waals surface area contributed by atoms with Crippen LogP contribution in [0.4, 0.5) is 11.4 Å². The van der Waals surface area contributed by atoms with Gasteiger partial charge in [-0.2, -0.15) is 0 Å². The topological polar surface area (TPSA) is 70.2 Å². The highest BCUT2D eigenvalue weighted by atomic mass is 16.2. The molecule has 1 fully saturated rings. The molecule has 2 amide bonds. The minimum atomic E-state index is 0.0572. The van der Waals surface area contributed by atoms with E-state index in [1.807, 2.05) is 18.2 Å². The van der Waals surface area contributed by atoms with E-state index in [4.69, 9.17) is 0 Å². The van der Waals surface area contributed by atoms with E-state index >= 15 is 0 Å². The Morgan fingerprint density at radius 1 is 1.32 bits per heavy atom. The molecule has 0 bridgehead atoms. The van der Waals surface area contributed by atoms with E-state index in [2.05, 4.69) is 16.0 Å². The van der Waals surface area contributed by atoms with Gasteiger partial charge in [0.05, 0.1) is 0 Å². The van der Waals surface area contributed by atoms with Crippen LogP contribution in [-0.2, 0) is 16.0 Å². The third-order valence-electron chi connectivity index (χ3n) is 3.62. The Morgan fingerprint density at radius 3 is 2.89 bits per heavy atom. The van der Waals surface area contributed by atoms with Gasteiger partial charge in [-0.3, -0.25) is 9.59 Å². The van der Waals surface area contributed by atoms with Gasteiger partial charge >= 0.3 is 0 Å². The lowest BCUT2D eigenvalue weighted by molar-refractivity contribution is -0.117. The predicted octanol–water partition coefficient (Wildman–Crippen LogP) is 1.12. The summed E-state index contributed by atoms with van der Waals surface area (Å²) >= 11 is 0. The third-order valence-corrected chi connectivity index (χ3v) is 3.62. The maximum absolute atomic E-state index is 11.8. The van der Waals surface area contributed by atoms with Gasteiger partial charge in [0.25, 0.3) is 0 Å². The molecule has 2 aliphatic rings. The van der Waals surface area contributed by atoms with Gasteiger partial charge in [0, 0.05) is 24.2 Å². The van der Waals surface area contributed by atoms with Gasteiger partial charge in [0.1, 0.15) is 0 Å². The number of carbonyl (C=O) groups excluding carboxylic acids is 2. The monoisotopic (exact) mass is 259 g/mol. The number of rotatable bonds is 3. The molecule has 2 aliphatic heterocycles. The predicted molar refractivity (Wildman–Crippen MR) is 73.0 cm³/mol. The van der Waals surface area contributed by atoms with Crippen molar-refractivity contribution in [2.24, 2.45) is 5.92 Å². The van der Waals surface area contributed by atoms with E-state index in [9.17, 15) is 9.59 Å². The number of hydrogen-bond donors (Lipinski definition) is 3. The second-order valence-electron chi connectivity index (χ2n) is 5.20. The highest BCUT2D eigenvalue weighted by Gasteiger charge is 2.20. The summed E-state index contributed by atoms with van der Waals surface area (Å²) in [7, 11) is 0. The van der Waals surface area contributed by atoms with E-state index in [1.165, 1.54) is 0 Å². The molecular weight excluding hydrogens is 242 g/mol. The summed E-state index contributed by atoms with van der Waals surface area (Å²) < 4.78 is 0. The van der Waals surface area contributed by atoms with Crippen LogP contribution in [0.1, 0.15) is 18.4 Å². The van der Waals surface area contributed by atoms with Crippen LogP contribution in [0.25, 0.3) is 0 Å². The van der Waals surface area contributed by atoms with Crippen molar-refractivity contribution < 1.29 is 9.59 Å². The molecule has 3 rings (SSSR count). The Bertz CT molecular complexity index is 523. The fourth-order valence-corrected chi connectivity index (χ4v) is 2.43. The summed E-state index contributed by atoms with van der Waals surface area (Å²) in [6.45, 7) is 1.87. The minimum Gasteiger partial charge on any atom is -0.326 e. The molecule has 1 aromatic carbocycles. The second-order valence-corrected chi connectivity index (χ2v) is 5.20. The average Bonchev–Trinajstić information content (AvgIpc) is 2.34. The summed E-state index contributed by atoms with van der Waals surface area (Å²) in [5, 5.41) is 8.91. The molecule has 3 N–H and O–H groups in total. The number of anilines is 2. The summed E-state index contributed by atoms with van der Waals surface area (Å²) in [5.41, 5.74) is 2.76. The fraction of sp³-hybridized carbons (Fsp3) is 0.429. The smallest absolute Gasteiger partial charge is 0.224 e. The number of nitrogens with one attached hydrogen (secondary N) is 3. The van der Waals surface area contributed by atoms with Gasteiger partial charge < -0.3 is 16.0 Å². The van der Waals surface area contributed by atoms with Gasteiger partial charge in [0.15, 0.2) is 0 Å². The van der Waals surface area contributed by atoms with Crippen LogP contribution in [-0.4, -0.2) is 24.9 Å². The van der Waals surface area contributed by atoms with Crippen molar-refractivity contribution in [2.45, 2.75) is 19.3 Å². The van der Waals surface area contributed by atoms with Crippen LogP contribution in [0.15, 0.2) is 18.2 Å². The van der Waals surface area contributed by atoms with Crippen molar-refractivity contribution >= 4 is 23.2 Å². The molecule has 0 saturated carbocycles. The Balaban J connectivity index is 1.64. The SMILES string of the molecule is O=C(CC1CNC1)Nc1ccc2c(c1)CCC(=O)N2. The molecule has 1 aromatic rings. The maximum Gasteiger partial charge on any atom is 0.224 e. The van der Waals surface area contributed by atoms with Crippen molar-refractivity contribution in [2.75, 3.05) is 23.7 Å². The fourth-order valence-electron chi connectivity index (χ4n) is 2.43. The lowest BCUT2D eigenvalue weighted by Gasteiger charge is -2.26. The van der Waals surface area contributed by atoms with Crippen molar-refractivity contribution in [3.05, 3.63) is 23.8 Å². The van der Waals surface area contributed by atoms with Crippen LogP contribution in [0.2, 0.25) is 0 Å². The molecule has 0 atom stereocenters. The van der Waals surface area contributed by atoms with Crippen LogP contribution < -0.4 is 16.0 Å². The zero-order valence-electron chi connectivity index (χ0n) is 10.7. The van der Waals surface area contributed by atoms with Gasteiger partial charge in [-0.1, -0.05) is 0 Å². The number of benzene rings is 1. The number of fused-ring (bicyclic) bond motifs is 1. The Hall–Kier alpha value is -1.88. The Kier molecular flexibility index (Phi) is 3.21. The summed E-state index contributed by atoms with van der Waals surface area (Å²) in [6.07, 6.45) is 1.82. The summed E-state index contributed by atoms with van der Waals surface area (Å²) in [6, 6.07) is 5.64. The minimum absolute atomic E-state index is 0.0572. The van der Waals surface area contributed by atoms with Gasteiger partial charge in [-0.15, -0.1) is 0 Å². The largest absolute Gasteiger partial charge is 0.326 e. The van der Waals surface area contributed by atoms with E-state index in [-0.39, 0.29) is 11.8 Å². The van der Waals surface area contributed by atoms with E-state index in [1.54, 1.807) is 0 Å². The van der Waals surface area contributed by atoms with Crippen molar-refractivity contribution in [3.63, 3.8) is 0 Å². The van der Waals surface area contributed by atoms with E-state index in [0.29, 0.717) is 18.8 Å². The molecular formula is C14H17N3O2. The van der Waals surface area contributed by atoms with E-state index in [0.717, 1.165) is 36.4 Å². The third kappa shape index (κ3) is 2.76. The van der Waals surface area contributed by atoms with Crippen molar-refractivity contribution in [1.29, 1.82) is 0 Å². The first kappa shape index (κ1) is 12.2. The summed E-state index contributed by atoms with van der Waals surface area (Å²) in [4.78, 5) is 23.1.